The van der Waals surface area contributed by atoms with Gasteiger partial charge in [-0.05, 0) is 17.5 Å². The van der Waals surface area contributed by atoms with E-state index in [4.69, 9.17) is 16.3 Å². The van der Waals surface area contributed by atoms with E-state index >= 15 is 0 Å². The minimum Gasteiger partial charge on any atom is -0.496 e. The predicted octanol–water partition coefficient (Wildman–Crippen LogP) is 2.53. The molecule has 0 fully saturated rings. The molecular formula is C18H17ClN4O3S. The number of amides is 2. The topological polar surface area (TPSA) is 93.2 Å². The molecule has 0 spiro atoms. The summed E-state index contributed by atoms with van der Waals surface area (Å²) in [6, 6.07) is 8.58. The highest BCUT2D eigenvalue weighted by atomic mass is 35.5. The van der Waals surface area contributed by atoms with Crippen molar-refractivity contribution >= 4 is 45.0 Å². The summed E-state index contributed by atoms with van der Waals surface area (Å²) >= 11 is 7.06. The number of thiophene rings is 1. The number of rotatable bonds is 7. The molecule has 0 aliphatic rings. The maximum Gasteiger partial charge on any atom is 0.270 e. The van der Waals surface area contributed by atoms with Gasteiger partial charge in [0.2, 0.25) is 5.91 Å². The molecule has 3 aromatic rings. The number of hydrogen-bond acceptors (Lipinski definition) is 6. The molecule has 9 heteroatoms. The zero-order chi connectivity index (χ0) is 19.2. The normalized spacial score (nSPS) is 11.8. The molecule has 7 nitrogen and oxygen atoms in total. The lowest BCUT2D eigenvalue weighted by atomic mass is 10.1. The molecule has 140 valence electrons. The molecule has 0 saturated carbocycles. The van der Waals surface area contributed by atoms with Crippen LogP contribution in [0.3, 0.4) is 0 Å². The first-order valence-corrected chi connectivity index (χ1v) is 9.50. The molecule has 2 N–H and O–H groups in total. The number of benzene rings is 1. The number of hydrogen-bond donors (Lipinski definition) is 2. The summed E-state index contributed by atoms with van der Waals surface area (Å²) in [5.41, 5.74) is 1.03. The first-order valence-electron chi connectivity index (χ1n) is 8.08. The summed E-state index contributed by atoms with van der Waals surface area (Å²) in [5.74, 6) is -0.264. The van der Waals surface area contributed by atoms with Gasteiger partial charge in [-0.15, -0.1) is 22.9 Å². The molecule has 0 saturated heterocycles. The number of carbonyl (C=O) groups excluding carboxylic acids is 2. The number of halogens is 1. The Morgan fingerprint density at radius 1 is 1.26 bits per heavy atom. The minimum atomic E-state index is -0.504. The molecular weight excluding hydrogens is 388 g/mol. The number of nitrogens with one attached hydrogen (secondary N) is 2. The smallest absolute Gasteiger partial charge is 0.270 e. The molecule has 2 heterocycles. The fraction of sp³-hybridized carbons (Fsp3) is 0.222. The average molecular weight is 405 g/mol. The zero-order valence-corrected chi connectivity index (χ0v) is 16.0. The van der Waals surface area contributed by atoms with Gasteiger partial charge in [-0.3, -0.25) is 9.59 Å². The van der Waals surface area contributed by atoms with E-state index in [1.807, 2.05) is 29.6 Å². The average Bonchev–Trinajstić information content (AvgIpc) is 3.19. The lowest BCUT2D eigenvalue weighted by Crippen LogP contribution is -2.38. The zero-order valence-electron chi connectivity index (χ0n) is 14.4. The van der Waals surface area contributed by atoms with Crippen molar-refractivity contribution in [1.29, 1.82) is 0 Å². The summed E-state index contributed by atoms with van der Waals surface area (Å²) in [5, 5.41) is 8.17. The molecule has 27 heavy (non-hydrogen) atoms. The first-order chi connectivity index (χ1) is 13.1. The Kier molecular flexibility index (Phi) is 6.20. The first kappa shape index (κ1) is 19.1. The van der Waals surface area contributed by atoms with E-state index in [0.717, 1.165) is 10.4 Å². The van der Waals surface area contributed by atoms with Crippen molar-refractivity contribution < 1.29 is 14.3 Å². The highest BCUT2D eigenvalue weighted by Gasteiger charge is 2.20. The van der Waals surface area contributed by atoms with Crippen LogP contribution in [-0.2, 0) is 4.79 Å². The monoisotopic (exact) mass is 404 g/mol. The van der Waals surface area contributed by atoms with Crippen molar-refractivity contribution in [2.24, 2.45) is 0 Å². The lowest BCUT2D eigenvalue weighted by Gasteiger charge is -2.21. The predicted molar refractivity (Wildman–Crippen MR) is 104 cm³/mol. The largest absolute Gasteiger partial charge is 0.496 e. The van der Waals surface area contributed by atoms with Gasteiger partial charge in [-0.1, -0.05) is 18.2 Å². The van der Waals surface area contributed by atoms with Crippen molar-refractivity contribution in [2.75, 3.05) is 19.5 Å². The van der Waals surface area contributed by atoms with Crippen LogP contribution in [0.1, 0.15) is 22.1 Å². The van der Waals surface area contributed by atoms with Gasteiger partial charge in [0.15, 0.2) is 0 Å². The van der Waals surface area contributed by atoms with Crippen LogP contribution >= 0.6 is 22.9 Å². The van der Waals surface area contributed by atoms with Gasteiger partial charge >= 0.3 is 0 Å². The number of ether oxygens (including phenoxy) is 1. The number of carbonyl (C=O) groups is 2. The highest BCUT2D eigenvalue weighted by Crippen LogP contribution is 2.25. The second-order valence-corrected chi connectivity index (χ2v) is 6.73. The lowest BCUT2D eigenvalue weighted by molar-refractivity contribution is -0.119. The van der Waals surface area contributed by atoms with E-state index in [2.05, 4.69) is 20.6 Å². The maximum absolute atomic E-state index is 12.6. The van der Waals surface area contributed by atoms with Crippen LogP contribution in [0.5, 0.6) is 5.75 Å². The second-order valence-electron chi connectivity index (χ2n) is 5.57. The van der Waals surface area contributed by atoms with Crippen LogP contribution in [0.2, 0.25) is 0 Å². The van der Waals surface area contributed by atoms with Crippen molar-refractivity contribution in [3.05, 3.63) is 53.3 Å². The molecule has 1 aromatic carbocycles. The van der Waals surface area contributed by atoms with E-state index in [-0.39, 0.29) is 24.2 Å². The number of nitrogens with zero attached hydrogens (tertiary/aromatic N) is 2. The van der Waals surface area contributed by atoms with E-state index in [1.165, 1.54) is 17.7 Å². The van der Waals surface area contributed by atoms with E-state index in [0.29, 0.717) is 16.8 Å². The Hall–Kier alpha value is -2.71. The molecule has 0 radical (unpaired) electrons. The third-order valence-electron chi connectivity index (χ3n) is 3.91. The summed E-state index contributed by atoms with van der Waals surface area (Å²) in [7, 11) is 1.55. The fourth-order valence-corrected chi connectivity index (χ4v) is 3.49. The molecule has 2 amide bonds. The third kappa shape index (κ3) is 4.35. The third-order valence-corrected chi connectivity index (χ3v) is 4.98. The molecule has 0 aliphatic heterocycles. The molecule has 1 unspecified atom stereocenters. The Balaban J connectivity index is 1.81. The van der Waals surface area contributed by atoms with E-state index in [1.54, 1.807) is 13.2 Å². The van der Waals surface area contributed by atoms with Gasteiger partial charge in [0.1, 0.15) is 28.5 Å². The van der Waals surface area contributed by atoms with Crippen LogP contribution in [0.4, 0.5) is 0 Å². The molecule has 1 atom stereocenters. The number of methoxy groups -OCH3 is 1. The number of para-hydroxylation sites is 1. The van der Waals surface area contributed by atoms with Crippen molar-refractivity contribution in [3.8, 4) is 5.75 Å². The van der Waals surface area contributed by atoms with Gasteiger partial charge < -0.3 is 15.4 Å². The minimum absolute atomic E-state index is 0.150. The Bertz CT molecular complexity index is 962. The Labute approximate surface area is 164 Å². The summed E-state index contributed by atoms with van der Waals surface area (Å²) in [4.78, 5) is 33.4. The summed E-state index contributed by atoms with van der Waals surface area (Å²) in [6.45, 7) is 0.150. The van der Waals surface area contributed by atoms with Gasteiger partial charge in [0.05, 0.1) is 13.2 Å². The maximum atomic E-state index is 12.6. The number of fused-ring (bicyclic) bond motifs is 1. The van der Waals surface area contributed by atoms with Crippen molar-refractivity contribution in [2.45, 2.75) is 6.04 Å². The van der Waals surface area contributed by atoms with Gasteiger partial charge in [-0.25, -0.2) is 9.97 Å². The van der Waals surface area contributed by atoms with Crippen LogP contribution in [-0.4, -0.2) is 41.3 Å². The number of alkyl halides is 1. The van der Waals surface area contributed by atoms with Crippen molar-refractivity contribution in [1.82, 2.24) is 20.6 Å². The van der Waals surface area contributed by atoms with Crippen molar-refractivity contribution in [3.63, 3.8) is 0 Å². The van der Waals surface area contributed by atoms with Crippen LogP contribution in [0, 0.1) is 0 Å². The van der Waals surface area contributed by atoms with E-state index < -0.39 is 6.04 Å². The number of aromatic nitrogens is 2. The quantitative estimate of drug-likeness (QED) is 0.590. The van der Waals surface area contributed by atoms with Crippen LogP contribution in [0.15, 0.2) is 42.0 Å². The summed E-state index contributed by atoms with van der Waals surface area (Å²) in [6.07, 6.45) is 1.36. The second kappa shape index (κ2) is 8.79. The van der Waals surface area contributed by atoms with Gasteiger partial charge in [-0.2, -0.15) is 0 Å². The molecule has 2 aromatic heterocycles. The standard InChI is InChI=1S/C18H17ClN4O3S/c1-26-14-5-3-2-4-11(14)13(23-15(24)8-19)9-20-17(25)16-12-6-7-27-18(12)22-10-21-16/h2-7,10,13H,8-9H2,1H3,(H,20,25)(H,23,24). The summed E-state index contributed by atoms with van der Waals surface area (Å²) < 4.78 is 5.36. The fourth-order valence-electron chi connectivity index (χ4n) is 2.68. The Morgan fingerprint density at radius 2 is 2.07 bits per heavy atom. The Morgan fingerprint density at radius 3 is 2.85 bits per heavy atom. The van der Waals surface area contributed by atoms with Gasteiger partial charge in [0.25, 0.3) is 5.91 Å². The SMILES string of the molecule is COc1ccccc1C(CNC(=O)c1ncnc2sccc12)NC(=O)CCl. The van der Waals surface area contributed by atoms with E-state index in [9.17, 15) is 9.59 Å². The highest BCUT2D eigenvalue weighted by molar-refractivity contribution is 7.16. The van der Waals surface area contributed by atoms with Gasteiger partial charge in [0, 0.05) is 17.5 Å². The van der Waals surface area contributed by atoms with Crippen LogP contribution in [0.25, 0.3) is 10.2 Å². The van der Waals surface area contributed by atoms with Crippen LogP contribution < -0.4 is 15.4 Å². The molecule has 3 rings (SSSR count). The molecule has 0 bridgehead atoms. The molecule has 0 aliphatic carbocycles.